The lowest BCUT2D eigenvalue weighted by Gasteiger charge is -2.02. The molecule has 0 aromatic heterocycles. The largest absolute Gasteiger partial charge is 0.391 e. The molecule has 0 atom stereocenters. The van der Waals surface area contributed by atoms with Gasteiger partial charge in [-0.2, -0.15) is 0 Å². The first kappa shape index (κ1) is 12.4. The Bertz CT molecular complexity index is 714. The maximum absolute atomic E-state index is 5.34. The lowest BCUT2D eigenvalue weighted by Crippen LogP contribution is -1.88. The van der Waals surface area contributed by atoms with Crippen LogP contribution in [0.25, 0.3) is 10.8 Å². The molecule has 0 radical (unpaired) electrons. The summed E-state index contributed by atoms with van der Waals surface area (Å²) in [4.78, 5) is 5.34. The Labute approximate surface area is 118 Å². The van der Waals surface area contributed by atoms with Crippen LogP contribution < -0.4 is 0 Å². The molecule has 3 aromatic rings. The zero-order valence-corrected chi connectivity index (χ0v) is 11.1. The molecule has 3 rings (SSSR count). The van der Waals surface area contributed by atoms with Crippen LogP contribution in [-0.4, -0.2) is 6.21 Å². The maximum atomic E-state index is 5.34. The first-order valence-corrected chi connectivity index (χ1v) is 6.60. The molecule has 0 saturated heterocycles. The summed E-state index contributed by atoms with van der Waals surface area (Å²) in [6.45, 7) is 0.488. The van der Waals surface area contributed by atoms with Gasteiger partial charge in [0, 0.05) is 5.56 Å². The highest BCUT2D eigenvalue weighted by atomic mass is 16.6. The molecule has 0 saturated carbocycles. The minimum atomic E-state index is 0.488. The molecule has 98 valence electrons. The second-order valence-corrected chi connectivity index (χ2v) is 4.56. The minimum Gasteiger partial charge on any atom is -0.391 e. The van der Waals surface area contributed by atoms with Crippen molar-refractivity contribution in [2.24, 2.45) is 5.16 Å². The Kier molecular flexibility index (Phi) is 3.74. The third-order valence-electron chi connectivity index (χ3n) is 3.16. The summed E-state index contributed by atoms with van der Waals surface area (Å²) in [5.74, 6) is 0. The fourth-order valence-electron chi connectivity index (χ4n) is 2.14. The number of benzene rings is 3. The molecule has 0 aliphatic rings. The SMILES string of the molecule is C(=NOCc1ccccc1)c1cccc2ccccc12. The van der Waals surface area contributed by atoms with Gasteiger partial charge in [0.25, 0.3) is 0 Å². The summed E-state index contributed by atoms with van der Waals surface area (Å²) in [5.41, 5.74) is 2.18. The second-order valence-electron chi connectivity index (χ2n) is 4.56. The molecule has 3 aromatic carbocycles. The van der Waals surface area contributed by atoms with Crippen molar-refractivity contribution in [1.29, 1.82) is 0 Å². The number of oxime groups is 1. The molecule has 2 heteroatoms. The highest BCUT2D eigenvalue weighted by molar-refractivity contribution is 5.99. The molecule has 0 fully saturated rings. The summed E-state index contributed by atoms with van der Waals surface area (Å²) in [5, 5.41) is 6.45. The van der Waals surface area contributed by atoms with Gasteiger partial charge in [0.15, 0.2) is 0 Å². The Morgan fingerprint density at radius 3 is 2.45 bits per heavy atom. The third kappa shape index (κ3) is 2.86. The van der Waals surface area contributed by atoms with Crippen LogP contribution in [0.5, 0.6) is 0 Å². The Hall–Kier alpha value is -2.61. The highest BCUT2D eigenvalue weighted by Crippen LogP contribution is 2.16. The molecule has 0 aliphatic heterocycles. The molecule has 0 aliphatic carbocycles. The number of nitrogens with zero attached hydrogens (tertiary/aromatic N) is 1. The van der Waals surface area contributed by atoms with Crippen molar-refractivity contribution >= 4 is 17.0 Å². The van der Waals surface area contributed by atoms with Gasteiger partial charge in [-0.25, -0.2) is 0 Å². The van der Waals surface area contributed by atoms with Crippen LogP contribution in [0.15, 0.2) is 78.0 Å². The number of hydrogen-bond donors (Lipinski definition) is 0. The molecule has 0 N–H and O–H groups in total. The number of rotatable bonds is 4. The van der Waals surface area contributed by atoms with Gasteiger partial charge in [0.2, 0.25) is 0 Å². The van der Waals surface area contributed by atoms with Crippen LogP contribution >= 0.6 is 0 Å². The van der Waals surface area contributed by atoms with Gasteiger partial charge in [-0.1, -0.05) is 78.0 Å². The fourth-order valence-corrected chi connectivity index (χ4v) is 2.14. The van der Waals surface area contributed by atoms with Crippen molar-refractivity contribution in [1.82, 2.24) is 0 Å². The molecule has 0 bridgehead atoms. The van der Waals surface area contributed by atoms with Crippen molar-refractivity contribution < 1.29 is 4.84 Å². The van der Waals surface area contributed by atoms with E-state index in [0.717, 1.165) is 11.1 Å². The summed E-state index contributed by atoms with van der Waals surface area (Å²) in [6.07, 6.45) is 1.77. The van der Waals surface area contributed by atoms with E-state index < -0.39 is 0 Å². The average Bonchev–Trinajstić information content (AvgIpc) is 2.53. The van der Waals surface area contributed by atoms with E-state index in [-0.39, 0.29) is 0 Å². The Morgan fingerprint density at radius 1 is 0.800 bits per heavy atom. The van der Waals surface area contributed by atoms with Gasteiger partial charge in [-0.05, 0) is 16.3 Å². The van der Waals surface area contributed by atoms with Crippen LogP contribution in [0.1, 0.15) is 11.1 Å². The first-order chi connectivity index (χ1) is 9.93. The standard InChI is InChI=1S/C18H15NO/c1-2-7-15(8-3-1)14-20-19-13-17-11-6-10-16-9-4-5-12-18(16)17/h1-13H,14H2. The van der Waals surface area contributed by atoms with Crippen molar-refractivity contribution in [2.45, 2.75) is 6.61 Å². The van der Waals surface area contributed by atoms with E-state index in [1.54, 1.807) is 6.21 Å². The summed E-state index contributed by atoms with van der Waals surface area (Å²) >= 11 is 0. The van der Waals surface area contributed by atoms with Crippen LogP contribution in [-0.2, 0) is 11.4 Å². The number of hydrogen-bond acceptors (Lipinski definition) is 2. The van der Waals surface area contributed by atoms with E-state index in [1.807, 2.05) is 54.6 Å². The zero-order valence-electron chi connectivity index (χ0n) is 11.1. The minimum absolute atomic E-state index is 0.488. The molecule has 20 heavy (non-hydrogen) atoms. The van der Waals surface area contributed by atoms with E-state index in [1.165, 1.54) is 10.8 Å². The normalized spacial score (nSPS) is 11.0. The van der Waals surface area contributed by atoms with Crippen molar-refractivity contribution in [3.05, 3.63) is 83.9 Å². The molecule has 0 amide bonds. The smallest absolute Gasteiger partial charge is 0.142 e. The lowest BCUT2D eigenvalue weighted by molar-refractivity contribution is 0.132. The Morgan fingerprint density at radius 2 is 1.55 bits per heavy atom. The van der Waals surface area contributed by atoms with Crippen LogP contribution in [0.3, 0.4) is 0 Å². The molecular formula is C18H15NO. The molecule has 0 unspecified atom stereocenters. The topological polar surface area (TPSA) is 21.6 Å². The fraction of sp³-hybridized carbons (Fsp3) is 0.0556. The molecule has 2 nitrogen and oxygen atoms in total. The van der Waals surface area contributed by atoms with E-state index >= 15 is 0 Å². The van der Waals surface area contributed by atoms with Crippen molar-refractivity contribution in [2.75, 3.05) is 0 Å². The van der Waals surface area contributed by atoms with E-state index in [0.29, 0.717) is 6.61 Å². The second kappa shape index (κ2) is 6.02. The molecule has 0 heterocycles. The summed E-state index contributed by atoms with van der Waals surface area (Å²) in [7, 11) is 0. The van der Waals surface area contributed by atoms with Crippen LogP contribution in [0.2, 0.25) is 0 Å². The first-order valence-electron chi connectivity index (χ1n) is 6.60. The predicted molar refractivity (Wildman–Crippen MR) is 82.8 cm³/mol. The van der Waals surface area contributed by atoms with Crippen LogP contribution in [0, 0.1) is 0 Å². The quantitative estimate of drug-likeness (QED) is 0.504. The highest BCUT2D eigenvalue weighted by Gasteiger charge is 1.97. The van der Waals surface area contributed by atoms with Gasteiger partial charge >= 0.3 is 0 Å². The van der Waals surface area contributed by atoms with Gasteiger partial charge in [0.1, 0.15) is 6.61 Å². The molecular weight excluding hydrogens is 246 g/mol. The summed E-state index contributed by atoms with van der Waals surface area (Å²) < 4.78 is 0. The van der Waals surface area contributed by atoms with E-state index in [2.05, 4.69) is 23.4 Å². The molecule has 0 spiro atoms. The van der Waals surface area contributed by atoms with E-state index in [4.69, 9.17) is 4.84 Å². The van der Waals surface area contributed by atoms with E-state index in [9.17, 15) is 0 Å². The van der Waals surface area contributed by atoms with Gasteiger partial charge in [-0.3, -0.25) is 0 Å². The third-order valence-corrected chi connectivity index (χ3v) is 3.16. The predicted octanol–water partition coefficient (Wildman–Crippen LogP) is 4.39. The summed E-state index contributed by atoms with van der Waals surface area (Å²) in [6, 6.07) is 24.4. The van der Waals surface area contributed by atoms with Crippen molar-refractivity contribution in [3.8, 4) is 0 Å². The van der Waals surface area contributed by atoms with Gasteiger partial charge in [-0.15, -0.1) is 0 Å². The van der Waals surface area contributed by atoms with Crippen LogP contribution in [0.4, 0.5) is 0 Å². The van der Waals surface area contributed by atoms with Gasteiger partial charge < -0.3 is 4.84 Å². The maximum Gasteiger partial charge on any atom is 0.142 e. The van der Waals surface area contributed by atoms with Gasteiger partial charge in [0.05, 0.1) is 6.21 Å². The zero-order chi connectivity index (χ0) is 13.6. The monoisotopic (exact) mass is 261 g/mol. The van der Waals surface area contributed by atoms with Crippen molar-refractivity contribution in [3.63, 3.8) is 0 Å². The average molecular weight is 261 g/mol. The lowest BCUT2D eigenvalue weighted by atomic mass is 10.1. The number of fused-ring (bicyclic) bond motifs is 1. The Balaban J connectivity index is 1.72.